The second kappa shape index (κ2) is 4.95. The summed E-state index contributed by atoms with van der Waals surface area (Å²) in [7, 11) is 0. The van der Waals surface area contributed by atoms with Crippen LogP contribution in [0, 0.1) is 0 Å². The Morgan fingerprint density at radius 2 is 2.06 bits per heavy atom. The average molecular weight is 229 g/mol. The van der Waals surface area contributed by atoms with E-state index in [1.165, 1.54) is 6.08 Å². The Labute approximate surface area is 101 Å². The van der Waals surface area contributed by atoms with Crippen LogP contribution in [-0.4, -0.2) is 22.6 Å². The Morgan fingerprint density at radius 3 is 2.71 bits per heavy atom. The maximum Gasteiger partial charge on any atom is 0.258 e. The van der Waals surface area contributed by atoms with Gasteiger partial charge in [-0.05, 0) is 24.6 Å². The van der Waals surface area contributed by atoms with Crippen LogP contribution in [0.15, 0.2) is 42.6 Å². The Balaban J connectivity index is 2.24. The zero-order chi connectivity index (χ0) is 12.3. The van der Waals surface area contributed by atoms with Gasteiger partial charge in [0.1, 0.15) is 0 Å². The predicted octanol–water partition coefficient (Wildman–Crippen LogP) is 2.39. The van der Waals surface area contributed by atoms with Crippen LogP contribution in [0.1, 0.15) is 30.1 Å². The first-order chi connectivity index (χ1) is 8.22. The maximum absolute atomic E-state index is 12.2. The van der Waals surface area contributed by atoms with Crippen molar-refractivity contribution in [3.8, 4) is 0 Å². The molecule has 2 rings (SSSR count). The second-order valence-corrected chi connectivity index (χ2v) is 4.13. The highest BCUT2D eigenvalue weighted by atomic mass is 16.2. The number of hydrogen-bond donors (Lipinski definition) is 0. The third kappa shape index (κ3) is 2.44. The molecule has 1 aromatic carbocycles. The molecule has 3 nitrogen and oxygen atoms in total. The van der Waals surface area contributed by atoms with Crippen molar-refractivity contribution in [1.82, 2.24) is 4.90 Å². The molecule has 0 aliphatic carbocycles. The molecule has 1 aliphatic heterocycles. The molecule has 1 amide bonds. The van der Waals surface area contributed by atoms with E-state index in [0.717, 1.165) is 6.42 Å². The molecule has 0 saturated heterocycles. The lowest BCUT2D eigenvalue weighted by atomic mass is 10.0. The molecule has 0 aromatic heterocycles. The Kier molecular flexibility index (Phi) is 3.38. The van der Waals surface area contributed by atoms with Gasteiger partial charge < -0.3 is 4.90 Å². The summed E-state index contributed by atoms with van der Waals surface area (Å²) in [4.78, 5) is 25.2. The van der Waals surface area contributed by atoms with E-state index in [2.05, 4.69) is 0 Å². The normalized spacial score (nSPS) is 19.5. The number of nitrogens with zero attached hydrogens (tertiary/aromatic N) is 1. The molecular formula is C14H15NO2. The molecule has 0 N–H and O–H groups in total. The summed E-state index contributed by atoms with van der Waals surface area (Å²) in [6, 6.07) is 9.13. The smallest absolute Gasteiger partial charge is 0.258 e. The van der Waals surface area contributed by atoms with E-state index in [9.17, 15) is 9.59 Å². The van der Waals surface area contributed by atoms with E-state index in [4.69, 9.17) is 0 Å². The summed E-state index contributed by atoms with van der Waals surface area (Å²) in [6.07, 6.45) is 4.29. The first-order valence-electron chi connectivity index (χ1n) is 5.81. The Hall–Kier alpha value is -1.90. The van der Waals surface area contributed by atoms with Crippen molar-refractivity contribution in [3.63, 3.8) is 0 Å². The molecule has 3 heteroatoms. The van der Waals surface area contributed by atoms with Crippen molar-refractivity contribution in [3.05, 3.63) is 48.2 Å². The van der Waals surface area contributed by atoms with E-state index in [-0.39, 0.29) is 17.7 Å². The third-order valence-corrected chi connectivity index (χ3v) is 2.98. The molecule has 1 unspecified atom stereocenters. The van der Waals surface area contributed by atoms with Crippen molar-refractivity contribution in [2.75, 3.05) is 0 Å². The van der Waals surface area contributed by atoms with E-state index in [1.54, 1.807) is 23.2 Å². The van der Waals surface area contributed by atoms with Crippen LogP contribution in [-0.2, 0) is 4.79 Å². The molecule has 1 aromatic rings. The summed E-state index contributed by atoms with van der Waals surface area (Å²) in [6.45, 7) is 1.99. The summed E-state index contributed by atoms with van der Waals surface area (Å²) in [5.74, 6) is 0.0511. The van der Waals surface area contributed by atoms with Crippen molar-refractivity contribution in [1.29, 1.82) is 0 Å². The van der Waals surface area contributed by atoms with Gasteiger partial charge in [-0.25, -0.2) is 0 Å². The molecule has 88 valence electrons. The van der Waals surface area contributed by atoms with Crippen LogP contribution < -0.4 is 0 Å². The third-order valence-electron chi connectivity index (χ3n) is 2.98. The lowest BCUT2D eigenvalue weighted by molar-refractivity contribution is -0.116. The van der Waals surface area contributed by atoms with E-state index in [1.807, 2.05) is 25.1 Å². The number of allylic oxidation sites excluding steroid dienone is 1. The zero-order valence-electron chi connectivity index (χ0n) is 9.80. The minimum atomic E-state index is -0.0406. The molecule has 0 fully saturated rings. The summed E-state index contributed by atoms with van der Waals surface area (Å²) in [5, 5.41) is 0. The number of rotatable bonds is 2. The molecule has 1 atom stereocenters. The minimum absolute atomic E-state index is 0.0137. The van der Waals surface area contributed by atoms with Gasteiger partial charge in [-0.3, -0.25) is 9.59 Å². The Morgan fingerprint density at radius 1 is 1.35 bits per heavy atom. The van der Waals surface area contributed by atoms with Crippen molar-refractivity contribution >= 4 is 11.7 Å². The number of carbonyl (C=O) groups is 2. The van der Waals surface area contributed by atoms with Crippen LogP contribution in [0.2, 0.25) is 0 Å². The molecule has 0 bridgehead atoms. The first kappa shape index (κ1) is 11.6. The van der Waals surface area contributed by atoms with E-state index >= 15 is 0 Å². The highest BCUT2D eigenvalue weighted by molar-refractivity contribution is 5.98. The van der Waals surface area contributed by atoms with Crippen LogP contribution in [0.4, 0.5) is 0 Å². The average Bonchev–Trinajstić information content (AvgIpc) is 2.39. The lowest BCUT2D eigenvalue weighted by Crippen LogP contribution is -2.39. The number of amides is 1. The van der Waals surface area contributed by atoms with Crippen molar-refractivity contribution in [2.45, 2.75) is 25.8 Å². The molecule has 1 aliphatic rings. The molecule has 0 radical (unpaired) electrons. The van der Waals surface area contributed by atoms with Crippen LogP contribution in [0.5, 0.6) is 0 Å². The molecule has 0 saturated carbocycles. The van der Waals surface area contributed by atoms with Crippen LogP contribution >= 0.6 is 0 Å². The van der Waals surface area contributed by atoms with Gasteiger partial charge in [-0.2, -0.15) is 0 Å². The van der Waals surface area contributed by atoms with Gasteiger partial charge in [0.15, 0.2) is 5.78 Å². The lowest BCUT2D eigenvalue weighted by Gasteiger charge is -2.30. The number of ketones is 1. The first-order valence-corrected chi connectivity index (χ1v) is 5.81. The van der Waals surface area contributed by atoms with Gasteiger partial charge in [0.2, 0.25) is 0 Å². The monoisotopic (exact) mass is 229 g/mol. The quantitative estimate of drug-likeness (QED) is 0.780. The fourth-order valence-corrected chi connectivity index (χ4v) is 1.99. The van der Waals surface area contributed by atoms with Gasteiger partial charge >= 0.3 is 0 Å². The largest absolute Gasteiger partial charge is 0.311 e. The standard InChI is InChI=1S/C14H15NO2/c1-2-12-10-13(16)8-9-15(12)14(17)11-6-4-3-5-7-11/h3-9,12H,2,10H2,1H3. The van der Waals surface area contributed by atoms with Crippen LogP contribution in [0.3, 0.4) is 0 Å². The summed E-state index contributed by atoms with van der Waals surface area (Å²) < 4.78 is 0. The van der Waals surface area contributed by atoms with E-state index < -0.39 is 0 Å². The molecular weight excluding hydrogens is 214 g/mol. The molecule has 0 spiro atoms. The predicted molar refractivity (Wildman–Crippen MR) is 65.5 cm³/mol. The van der Waals surface area contributed by atoms with Crippen molar-refractivity contribution in [2.24, 2.45) is 0 Å². The number of hydrogen-bond acceptors (Lipinski definition) is 2. The SMILES string of the molecule is CCC1CC(=O)C=CN1C(=O)c1ccccc1. The highest BCUT2D eigenvalue weighted by Crippen LogP contribution is 2.18. The summed E-state index contributed by atoms with van der Waals surface area (Å²) >= 11 is 0. The number of benzene rings is 1. The summed E-state index contributed by atoms with van der Waals surface area (Å²) in [5.41, 5.74) is 0.657. The van der Waals surface area contributed by atoms with Crippen LogP contribution in [0.25, 0.3) is 0 Å². The topological polar surface area (TPSA) is 37.4 Å². The zero-order valence-corrected chi connectivity index (χ0v) is 9.80. The Bertz CT molecular complexity index is 451. The van der Waals surface area contributed by atoms with E-state index in [0.29, 0.717) is 12.0 Å². The fraction of sp³-hybridized carbons (Fsp3) is 0.286. The second-order valence-electron chi connectivity index (χ2n) is 4.13. The minimum Gasteiger partial charge on any atom is -0.311 e. The van der Waals surface area contributed by atoms with Gasteiger partial charge in [0.25, 0.3) is 5.91 Å². The van der Waals surface area contributed by atoms with Gasteiger partial charge in [-0.15, -0.1) is 0 Å². The number of carbonyl (C=O) groups excluding carboxylic acids is 2. The maximum atomic E-state index is 12.2. The van der Waals surface area contributed by atoms with Gasteiger partial charge in [0, 0.05) is 24.2 Å². The van der Waals surface area contributed by atoms with Crippen molar-refractivity contribution < 1.29 is 9.59 Å². The highest BCUT2D eigenvalue weighted by Gasteiger charge is 2.26. The fourth-order valence-electron chi connectivity index (χ4n) is 1.99. The molecule has 1 heterocycles. The van der Waals surface area contributed by atoms with Gasteiger partial charge in [-0.1, -0.05) is 25.1 Å². The molecule has 17 heavy (non-hydrogen) atoms. The van der Waals surface area contributed by atoms with Gasteiger partial charge in [0.05, 0.1) is 0 Å².